The Morgan fingerprint density at radius 2 is 1.76 bits per heavy atom. The molecular weight excluding hydrogens is 428 g/mol. The number of anilines is 3. The maximum absolute atomic E-state index is 12.6. The summed E-state index contributed by atoms with van der Waals surface area (Å²) in [5, 5.41) is 18.5. The summed E-state index contributed by atoms with van der Waals surface area (Å²) in [7, 11) is 0. The summed E-state index contributed by atoms with van der Waals surface area (Å²) in [6.45, 7) is 5.49. The third kappa shape index (κ3) is 5.75. The second-order valence-electron chi connectivity index (χ2n) is 9.70. The average molecular weight is 465 g/mol. The van der Waals surface area contributed by atoms with E-state index in [9.17, 15) is 4.79 Å². The van der Waals surface area contributed by atoms with Gasteiger partial charge >= 0.3 is 6.03 Å². The van der Waals surface area contributed by atoms with E-state index in [1.54, 1.807) is 6.20 Å². The van der Waals surface area contributed by atoms with Gasteiger partial charge in [0.2, 0.25) is 5.95 Å². The van der Waals surface area contributed by atoms with Crippen molar-refractivity contribution >= 4 is 23.5 Å². The first-order valence-electron chi connectivity index (χ1n) is 12.8. The minimum atomic E-state index is 0.0638. The van der Waals surface area contributed by atoms with Crippen molar-refractivity contribution in [2.75, 3.05) is 49.5 Å². The molecule has 9 heteroatoms. The van der Waals surface area contributed by atoms with Crippen molar-refractivity contribution in [1.29, 1.82) is 0 Å². The number of hydrogen-bond acceptors (Lipinski definition) is 7. The number of carbonyl (C=O) groups is 1. The Kier molecular flexibility index (Phi) is 7.38. The van der Waals surface area contributed by atoms with Crippen LogP contribution in [0.25, 0.3) is 0 Å². The molecule has 0 spiro atoms. The molecule has 0 unspecified atom stereocenters. The fourth-order valence-electron chi connectivity index (χ4n) is 5.27. The third-order valence-corrected chi connectivity index (χ3v) is 7.22. The van der Waals surface area contributed by atoms with Gasteiger partial charge in [0.1, 0.15) is 0 Å². The van der Waals surface area contributed by atoms with Crippen LogP contribution in [-0.4, -0.2) is 71.4 Å². The van der Waals surface area contributed by atoms with Gasteiger partial charge in [-0.3, -0.25) is 0 Å². The van der Waals surface area contributed by atoms with Gasteiger partial charge in [0.15, 0.2) is 5.82 Å². The van der Waals surface area contributed by atoms with E-state index >= 15 is 0 Å². The summed E-state index contributed by atoms with van der Waals surface area (Å²) in [5.74, 6) is 1.93. The highest BCUT2D eigenvalue weighted by atomic mass is 16.2. The Morgan fingerprint density at radius 1 is 0.971 bits per heavy atom. The van der Waals surface area contributed by atoms with Crippen molar-refractivity contribution in [3.63, 3.8) is 0 Å². The zero-order chi connectivity index (χ0) is 23.2. The van der Waals surface area contributed by atoms with Crippen molar-refractivity contribution in [2.24, 2.45) is 0 Å². The minimum Gasteiger partial charge on any atom is -0.339 e. The van der Waals surface area contributed by atoms with Gasteiger partial charge in [-0.05, 0) is 81.6 Å². The number of nitrogens with zero attached hydrogens (tertiary/aromatic N) is 5. The van der Waals surface area contributed by atoms with Gasteiger partial charge in [-0.2, -0.15) is 10.1 Å². The Hall–Kier alpha value is -2.94. The molecule has 0 aliphatic carbocycles. The molecule has 3 N–H and O–H groups in total. The van der Waals surface area contributed by atoms with Gasteiger partial charge in [0.25, 0.3) is 0 Å². The molecule has 0 bridgehead atoms. The van der Waals surface area contributed by atoms with E-state index < -0.39 is 0 Å². The van der Waals surface area contributed by atoms with E-state index in [0.29, 0.717) is 24.2 Å². The maximum atomic E-state index is 12.6. The van der Waals surface area contributed by atoms with Crippen LogP contribution in [0.1, 0.15) is 56.4 Å². The van der Waals surface area contributed by atoms with E-state index in [0.717, 1.165) is 64.1 Å². The lowest BCUT2D eigenvalue weighted by molar-refractivity contribution is 0.181. The molecule has 5 rings (SSSR count). The second-order valence-corrected chi connectivity index (χ2v) is 9.70. The predicted octanol–water partition coefficient (Wildman–Crippen LogP) is 3.25. The molecule has 3 aliphatic heterocycles. The Bertz CT molecular complexity index is 940. The predicted molar refractivity (Wildman–Crippen MR) is 134 cm³/mol. The van der Waals surface area contributed by atoms with Gasteiger partial charge in [-0.25, -0.2) is 4.79 Å². The van der Waals surface area contributed by atoms with Crippen LogP contribution in [0.2, 0.25) is 0 Å². The van der Waals surface area contributed by atoms with E-state index in [-0.39, 0.29) is 12.1 Å². The van der Waals surface area contributed by atoms with E-state index in [2.05, 4.69) is 55.3 Å². The molecule has 4 heterocycles. The molecule has 1 aromatic heterocycles. The smallest absolute Gasteiger partial charge is 0.317 e. The lowest BCUT2D eigenvalue weighted by Gasteiger charge is -2.35. The number of aromatic nitrogens is 3. The Morgan fingerprint density at radius 3 is 2.56 bits per heavy atom. The van der Waals surface area contributed by atoms with Crippen LogP contribution in [0.5, 0.6) is 0 Å². The summed E-state index contributed by atoms with van der Waals surface area (Å²) in [5.41, 5.74) is 2.40. The topological polar surface area (TPSA) is 98.3 Å². The molecule has 1 aromatic carbocycles. The van der Waals surface area contributed by atoms with Gasteiger partial charge in [0.05, 0.1) is 6.20 Å². The van der Waals surface area contributed by atoms with Crippen LogP contribution < -0.4 is 20.9 Å². The Labute approximate surface area is 201 Å². The van der Waals surface area contributed by atoms with Crippen LogP contribution in [-0.2, 0) is 0 Å². The van der Waals surface area contributed by atoms with E-state index in [1.165, 1.54) is 24.8 Å². The first-order valence-corrected chi connectivity index (χ1v) is 12.8. The van der Waals surface area contributed by atoms with Crippen LogP contribution in [0.4, 0.5) is 22.2 Å². The molecule has 1 atom stereocenters. The van der Waals surface area contributed by atoms with Crippen molar-refractivity contribution in [3.8, 4) is 0 Å². The first-order chi connectivity index (χ1) is 16.7. The van der Waals surface area contributed by atoms with Gasteiger partial charge < -0.3 is 25.8 Å². The zero-order valence-corrected chi connectivity index (χ0v) is 19.9. The minimum absolute atomic E-state index is 0.0638. The highest BCUT2D eigenvalue weighted by Gasteiger charge is 2.26. The van der Waals surface area contributed by atoms with Crippen LogP contribution >= 0.6 is 0 Å². The monoisotopic (exact) mass is 464 g/mol. The number of rotatable bonds is 5. The third-order valence-electron chi connectivity index (χ3n) is 7.22. The lowest BCUT2D eigenvalue weighted by atomic mass is 9.90. The molecule has 3 fully saturated rings. The molecule has 9 nitrogen and oxygen atoms in total. The summed E-state index contributed by atoms with van der Waals surface area (Å²) in [6, 6.07) is 8.83. The SMILES string of the molecule is O=C(N[C@@H]1CCCN(c2nncc(Nc3ccc(C4CCNCC4)cc3)n2)C1)N1CCCCC1. The van der Waals surface area contributed by atoms with Gasteiger partial charge in [-0.1, -0.05) is 12.1 Å². The van der Waals surface area contributed by atoms with Crippen molar-refractivity contribution in [3.05, 3.63) is 36.0 Å². The molecule has 0 radical (unpaired) electrons. The lowest BCUT2D eigenvalue weighted by Crippen LogP contribution is -2.52. The summed E-state index contributed by atoms with van der Waals surface area (Å²) in [4.78, 5) is 21.4. The van der Waals surface area contributed by atoms with E-state index in [4.69, 9.17) is 4.98 Å². The largest absolute Gasteiger partial charge is 0.339 e. The second kappa shape index (κ2) is 11.0. The number of benzene rings is 1. The summed E-state index contributed by atoms with van der Waals surface area (Å²) in [6.07, 6.45) is 9.44. The normalized spacial score (nSPS) is 21.8. The number of amides is 2. The van der Waals surface area contributed by atoms with Crippen LogP contribution in [0.15, 0.2) is 30.5 Å². The molecule has 2 aromatic rings. The van der Waals surface area contributed by atoms with Crippen LogP contribution in [0, 0.1) is 0 Å². The van der Waals surface area contributed by atoms with Crippen molar-refractivity contribution in [2.45, 2.75) is 56.9 Å². The van der Waals surface area contributed by atoms with Gasteiger partial charge in [-0.15, -0.1) is 5.10 Å². The van der Waals surface area contributed by atoms with Crippen LogP contribution in [0.3, 0.4) is 0 Å². The van der Waals surface area contributed by atoms with Crippen molar-refractivity contribution < 1.29 is 4.79 Å². The molecular formula is C25H36N8O. The van der Waals surface area contributed by atoms with E-state index in [1.807, 2.05) is 4.90 Å². The maximum Gasteiger partial charge on any atom is 0.317 e. The van der Waals surface area contributed by atoms with Crippen molar-refractivity contribution in [1.82, 2.24) is 30.7 Å². The summed E-state index contributed by atoms with van der Waals surface area (Å²) >= 11 is 0. The quantitative estimate of drug-likeness (QED) is 0.625. The van der Waals surface area contributed by atoms with Gasteiger partial charge in [0, 0.05) is 37.9 Å². The fourth-order valence-corrected chi connectivity index (χ4v) is 5.27. The molecule has 2 amide bonds. The molecule has 3 saturated heterocycles. The highest BCUT2D eigenvalue weighted by Crippen LogP contribution is 2.27. The zero-order valence-electron chi connectivity index (χ0n) is 19.9. The number of urea groups is 1. The average Bonchev–Trinajstić information content (AvgIpc) is 2.90. The number of nitrogens with one attached hydrogen (secondary N) is 3. The fraction of sp³-hybridized carbons (Fsp3) is 0.600. The molecule has 34 heavy (non-hydrogen) atoms. The molecule has 3 aliphatic rings. The highest BCUT2D eigenvalue weighted by molar-refractivity contribution is 5.74. The first kappa shape index (κ1) is 22.8. The summed E-state index contributed by atoms with van der Waals surface area (Å²) < 4.78 is 0. The Balaban J connectivity index is 1.18. The molecule has 182 valence electrons. The number of likely N-dealkylation sites (tertiary alicyclic amines) is 1. The number of carbonyl (C=O) groups excluding carboxylic acids is 1. The number of piperidine rings is 3. The standard InChI is InChI=1S/C25H36N8O/c34-25(32-14-2-1-3-15-32)29-22-5-4-16-33(18-22)24-30-23(17-27-31-24)28-21-8-6-19(7-9-21)20-10-12-26-13-11-20/h6-9,17,20,22,26H,1-5,10-16,18H2,(H,29,34)(H,28,30,31)/t22-/m1/s1. The number of hydrogen-bond donors (Lipinski definition) is 3. The molecule has 0 saturated carbocycles.